The lowest BCUT2D eigenvalue weighted by molar-refractivity contribution is -0.122. The fraction of sp³-hybridized carbons (Fsp3) is 0.632. The SMILES string of the molecule is CC[C@@H](C(=O)NCCCOC(C)C)N(c1ccc(C)c(C)c1)S(C)(=O)=O. The second kappa shape index (κ2) is 9.92. The third-order valence-corrected chi connectivity index (χ3v) is 5.33. The summed E-state index contributed by atoms with van der Waals surface area (Å²) in [6.45, 7) is 10.6. The molecular formula is C19H32N2O4S. The summed E-state index contributed by atoms with van der Waals surface area (Å²) < 4.78 is 31.5. The molecule has 0 aliphatic rings. The van der Waals surface area contributed by atoms with Crippen LogP contribution in [0.5, 0.6) is 0 Å². The molecule has 0 fully saturated rings. The van der Waals surface area contributed by atoms with Gasteiger partial charge in [-0.1, -0.05) is 13.0 Å². The Morgan fingerprint density at radius 1 is 1.23 bits per heavy atom. The van der Waals surface area contributed by atoms with Crippen LogP contribution in [-0.4, -0.2) is 45.9 Å². The number of carbonyl (C=O) groups is 1. The van der Waals surface area contributed by atoms with Gasteiger partial charge >= 0.3 is 0 Å². The first-order chi connectivity index (χ1) is 12.1. The van der Waals surface area contributed by atoms with Crippen molar-refractivity contribution in [1.29, 1.82) is 0 Å². The predicted octanol–water partition coefficient (Wildman–Crippen LogP) is 2.78. The molecule has 0 saturated heterocycles. The second-order valence-corrected chi connectivity index (χ2v) is 8.67. The van der Waals surface area contributed by atoms with E-state index in [1.165, 1.54) is 4.31 Å². The molecule has 0 saturated carbocycles. The molecule has 1 aromatic rings. The Labute approximate surface area is 158 Å². The number of amides is 1. The fourth-order valence-corrected chi connectivity index (χ4v) is 3.85. The van der Waals surface area contributed by atoms with Crippen LogP contribution in [0.15, 0.2) is 18.2 Å². The Hall–Kier alpha value is -1.60. The molecule has 1 atom stereocenters. The Morgan fingerprint density at radius 2 is 1.88 bits per heavy atom. The molecule has 0 heterocycles. The van der Waals surface area contributed by atoms with Crippen LogP contribution in [-0.2, 0) is 19.6 Å². The van der Waals surface area contributed by atoms with Crippen molar-refractivity contribution < 1.29 is 17.9 Å². The number of ether oxygens (including phenoxy) is 1. The number of aryl methyl sites for hydroxylation is 2. The van der Waals surface area contributed by atoms with E-state index in [-0.39, 0.29) is 12.0 Å². The third kappa shape index (κ3) is 6.61. The van der Waals surface area contributed by atoms with E-state index in [9.17, 15) is 13.2 Å². The van der Waals surface area contributed by atoms with E-state index in [0.29, 0.717) is 31.7 Å². The number of rotatable bonds is 10. The predicted molar refractivity (Wildman–Crippen MR) is 106 cm³/mol. The average molecular weight is 385 g/mol. The lowest BCUT2D eigenvalue weighted by Crippen LogP contribution is -2.49. The Morgan fingerprint density at radius 3 is 2.38 bits per heavy atom. The highest BCUT2D eigenvalue weighted by atomic mass is 32.2. The lowest BCUT2D eigenvalue weighted by Gasteiger charge is -2.30. The van der Waals surface area contributed by atoms with Crippen LogP contribution in [0.3, 0.4) is 0 Å². The molecule has 0 unspecified atom stereocenters. The number of hydrogen-bond donors (Lipinski definition) is 1. The van der Waals surface area contributed by atoms with Gasteiger partial charge in [-0.3, -0.25) is 9.10 Å². The van der Waals surface area contributed by atoms with Crippen LogP contribution in [0.2, 0.25) is 0 Å². The summed E-state index contributed by atoms with van der Waals surface area (Å²) in [5.74, 6) is -0.291. The lowest BCUT2D eigenvalue weighted by atomic mass is 10.1. The monoisotopic (exact) mass is 384 g/mol. The standard InChI is InChI=1S/C19H32N2O4S/c1-7-18(19(22)20-11-8-12-25-14(2)3)21(26(6,23)24)17-10-9-15(4)16(5)13-17/h9-10,13-14,18H,7-8,11-12H2,1-6H3,(H,20,22)/t18-/m0/s1. The molecule has 0 bridgehead atoms. The number of nitrogens with zero attached hydrogens (tertiary/aromatic N) is 1. The number of anilines is 1. The molecule has 1 rings (SSSR count). The summed E-state index contributed by atoms with van der Waals surface area (Å²) in [6, 6.07) is 4.65. The molecule has 0 spiro atoms. The van der Waals surface area contributed by atoms with Crippen molar-refractivity contribution in [2.45, 2.75) is 59.6 Å². The Bertz CT molecular complexity index is 701. The topological polar surface area (TPSA) is 75.7 Å². The molecule has 0 aromatic heterocycles. The minimum Gasteiger partial charge on any atom is -0.379 e. The normalized spacial score (nSPS) is 12.9. The van der Waals surface area contributed by atoms with Crippen LogP contribution >= 0.6 is 0 Å². The number of nitrogens with one attached hydrogen (secondary N) is 1. The third-order valence-electron chi connectivity index (χ3n) is 4.15. The first-order valence-corrected chi connectivity index (χ1v) is 10.9. The highest BCUT2D eigenvalue weighted by Crippen LogP contribution is 2.25. The number of hydrogen-bond acceptors (Lipinski definition) is 4. The number of benzene rings is 1. The zero-order valence-corrected chi connectivity index (χ0v) is 17.5. The minimum absolute atomic E-state index is 0.152. The molecule has 6 nitrogen and oxygen atoms in total. The summed E-state index contributed by atoms with van der Waals surface area (Å²) in [5, 5.41) is 2.83. The van der Waals surface area contributed by atoms with Crippen LogP contribution in [0, 0.1) is 13.8 Å². The molecule has 1 amide bonds. The van der Waals surface area contributed by atoms with Gasteiger partial charge < -0.3 is 10.1 Å². The van der Waals surface area contributed by atoms with Gasteiger partial charge in [-0.15, -0.1) is 0 Å². The van der Waals surface area contributed by atoms with Crippen molar-refractivity contribution in [3.63, 3.8) is 0 Å². The van der Waals surface area contributed by atoms with E-state index in [4.69, 9.17) is 4.74 Å². The molecule has 148 valence electrons. The van der Waals surface area contributed by atoms with Gasteiger partial charge in [0.25, 0.3) is 0 Å². The Kier molecular flexibility index (Phi) is 8.56. The summed E-state index contributed by atoms with van der Waals surface area (Å²) in [6.07, 6.45) is 2.35. The number of sulfonamides is 1. The second-order valence-electron chi connectivity index (χ2n) is 6.82. The molecule has 26 heavy (non-hydrogen) atoms. The van der Waals surface area contributed by atoms with Gasteiger partial charge in [-0.05, 0) is 63.8 Å². The zero-order chi connectivity index (χ0) is 19.9. The van der Waals surface area contributed by atoms with Gasteiger partial charge in [0, 0.05) is 13.2 Å². The van der Waals surface area contributed by atoms with Gasteiger partial charge in [0.2, 0.25) is 15.9 Å². The van der Waals surface area contributed by atoms with E-state index in [0.717, 1.165) is 17.4 Å². The Balaban J connectivity index is 2.93. The molecule has 0 aliphatic heterocycles. The fourth-order valence-electron chi connectivity index (χ4n) is 2.64. The quantitative estimate of drug-likeness (QED) is 0.630. The molecule has 1 N–H and O–H groups in total. The van der Waals surface area contributed by atoms with E-state index in [1.807, 2.05) is 46.8 Å². The van der Waals surface area contributed by atoms with Crippen LogP contribution in [0.4, 0.5) is 5.69 Å². The van der Waals surface area contributed by atoms with Crippen molar-refractivity contribution in [3.05, 3.63) is 29.3 Å². The highest BCUT2D eigenvalue weighted by Gasteiger charge is 2.31. The van der Waals surface area contributed by atoms with Gasteiger partial charge in [0.15, 0.2) is 0 Å². The van der Waals surface area contributed by atoms with Crippen molar-refractivity contribution in [3.8, 4) is 0 Å². The van der Waals surface area contributed by atoms with E-state index in [1.54, 1.807) is 6.07 Å². The first-order valence-electron chi connectivity index (χ1n) is 9.03. The minimum atomic E-state index is -3.60. The smallest absolute Gasteiger partial charge is 0.243 e. The zero-order valence-electron chi connectivity index (χ0n) is 16.7. The van der Waals surface area contributed by atoms with Crippen LogP contribution in [0.1, 0.15) is 44.7 Å². The van der Waals surface area contributed by atoms with Gasteiger partial charge in [0.1, 0.15) is 6.04 Å². The van der Waals surface area contributed by atoms with E-state index < -0.39 is 16.1 Å². The maximum Gasteiger partial charge on any atom is 0.243 e. The van der Waals surface area contributed by atoms with Gasteiger partial charge in [0.05, 0.1) is 18.0 Å². The largest absolute Gasteiger partial charge is 0.379 e. The molecule has 0 aliphatic carbocycles. The van der Waals surface area contributed by atoms with Crippen molar-refractivity contribution in [2.24, 2.45) is 0 Å². The summed E-state index contributed by atoms with van der Waals surface area (Å²) in [5.41, 5.74) is 2.57. The maximum atomic E-state index is 12.6. The summed E-state index contributed by atoms with van der Waals surface area (Å²) in [4.78, 5) is 12.6. The number of carbonyl (C=O) groups excluding carboxylic acids is 1. The van der Waals surface area contributed by atoms with E-state index >= 15 is 0 Å². The van der Waals surface area contributed by atoms with Crippen molar-refractivity contribution in [2.75, 3.05) is 23.7 Å². The first kappa shape index (κ1) is 22.4. The summed E-state index contributed by atoms with van der Waals surface area (Å²) >= 11 is 0. The van der Waals surface area contributed by atoms with Crippen LogP contribution < -0.4 is 9.62 Å². The molecule has 0 radical (unpaired) electrons. The van der Waals surface area contributed by atoms with Crippen molar-refractivity contribution in [1.82, 2.24) is 5.32 Å². The van der Waals surface area contributed by atoms with Crippen molar-refractivity contribution >= 4 is 21.6 Å². The maximum absolute atomic E-state index is 12.6. The molecule has 7 heteroatoms. The molecule has 1 aromatic carbocycles. The molecular weight excluding hydrogens is 352 g/mol. The van der Waals surface area contributed by atoms with Gasteiger partial charge in [-0.2, -0.15) is 0 Å². The average Bonchev–Trinajstić information content (AvgIpc) is 2.53. The van der Waals surface area contributed by atoms with Crippen LogP contribution in [0.25, 0.3) is 0 Å². The summed E-state index contributed by atoms with van der Waals surface area (Å²) in [7, 11) is -3.60. The van der Waals surface area contributed by atoms with Gasteiger partial charge in [-0.25, -0.2) is 8.42 Å². The highest BCUT2D eigenvalue weighted by molar-refractivity contribution is 7.92. The van der Waals surface area contributed by atoms with E-state index in [2.05, 4.69) is 5.32 Å².